The van der Waals surface area contributed by atoms with Gasteiger partial charge in [0, 0.05) is 22.5 Å². The van der Waals surface area contributed by atoms with Gasteiger partial charge in [-0.25, -0.2) is 4.98 Å². The van der Waals surface area contributed by atoms with E-state index < -0.39 is 0 Å². The van der Waals surface area contributed by atoms with E-state index in [9.17, 15) is 0 Å². The minimum atomic E-state index is 0.0765. The average Bonchev–Trinajstić information content (AvgIpc) is 2.80. The van der Waals surface area contributed by atoms with Crippen LogP contribution in [0.5, 0.6) is 0 Å². The van der Waals surface area contributed by atoms with Crippen molar-refractivity contribution in [1.29, 1.82) is 0 Å². The van der Waals surface area contributed by atoms with Crippen LogP contribution in [-0.4, -0.2) is 14.3 Å². The molecule has 2 nitrogen and oxygen atoms in total. The zero-order valence-corrected chi connectivity index (χ0v) is 16.7. The molecule has 0 saturated carbocycles. The van der Waals surface area contributed by atoms with E-state index in [0.29, 0.717) is 4.75 Å². The predicted molar refractivity (Wildman–Crippen MR) is 104 cm³/mol. The summed E-state index contributed by atoms with van der Waals surface area (Å²) in [5.41, 5.74) is 3.89. The number of aryl methyl sites for hydroxylation is 1. The van der Waals surface area contributed by atoms with Crippen LogP contribution in [0.2, 0.25) is 0 Å². The molecular weight excluding hydrogens is 300 g/mol. The van der Waals surface area contributed by atoms with E-state index in [1.807, 2.05) is 11.8 Å². The standard InChI is InChI=1S/C20H32N2S/c1-8-9-12-22-17-11-10-15(14-23-20(5,6)7)13-16(17)21-18(22)19(2,3)4/h10-11,13H,8-9,12,14H2,1-7H3. The van der Waals surface area contributed by atoms with Gasteiger partial charge in [-0.2, -0.15) is 11.8 Å². The Morgan fingerprint density at radius 1 is 1.09 bits per heavy atom. The van der Waals surface area contributed by atoms with Crippen molar-refractivity contribution in [3.8, 4) is 0 Å². The SMILES string of the molecule is CCCCn1c(C(C)(C)C)nc2cc(CSC(C)(C)C)ccc21. The highest BCUT2D eigenvalue weighted by Crippen LogP contribution is 2.30. The molecule has 0 unspecified atom stereocenters. The van der Waals surface area contributed by atoms with E-state index >= 15 is 0 Å². The maximum absolute atomic E-state index is 5.00. The van der Waals surface area contributed by atoms with Crippen molar-refractivity contribution in [3.05, 3.63) is 29.6 Å². The number of imidazole rings is 1. The van der Waals surface area contributed by atoms with Crippen LogP contribution in [0.15, 0.2) is 18.2 Å². The summed E-state index contributed by atoms with van der Waals surface area (Å²) in [4.78, 5) is 5.00. The molecule has 0 amide bonds. The molecule has 0 radical (unpaired) electrons. The minimum absolute atomic E-state index is 0.0765. The first kappa shape index (κ1) is 18.4. The molecular formula is C20H32N2S. The summed E-state index contributed by atoms with van der Waals surface area (Å²) < 4.78 is 2.73. The van der Waals surface area contributed by atoms with Gasteiger partial charge in [0.05, 0.1) is 11.0 Å². The molecule has 0 atom stereocenters. The molecule has 3 heteroatoms. The van der Waals surface area contributed by atoms with E-state index in [2.05, 4.69) is 71.2 Å². The second-order valence-electron chi connectivity index (χ2n) is 8.41. The molecule has 0 aliphatic heterocycles. The average molecular weight is 333 g/mol. The van der Waals surface area contributed by atoms with Crippen molar-refractivity contribution in [1.82, 2.24) is 9.55 Å². The molecule has 2 rings (SSSR count). The molecule has 0 fully saturated rings. The quantitative estimate of drug-likeness (QED) is 0.652. The Morgan fingerprint density at radius 3 is 2.35 bits per heavy atom. The summed E-state index contributed by atoms with van der Waals surface area (Å²) in [5.74, 6) is 2.26. The van der Waals surface area contributed by atoms with Crippen LogP contribution in [0.25, 0.3) is 11.0 Å². The lowest BCUT2D eigenvalue weighted by Gasteiger charge is -2.20. The third kappa shape index (κ3) is 4.76. The highest BCUT2D eigenvalue weighted by Gasteiger charge is 2.22. The number of thioether (sulfide) groups is 1. The van der Waals surface area contributed by atoms with Gasteiger partial charge in [-0.1, -0.05) is 61.0 Å². The summed E-state index contributed by atoms with van der Waals surface area (Å²) in [6, 6.07) is 6.83. The molecule has 0 bridgehead atoms. The summed E-state index contributed by atoms with van der Waals surface area (Å²) >= 11 is 1.99. The molecule has 128 valence electrons. The minimum Gasteiger partial charge on any atom is -0.328 e. The monoisotopic (exact) mass is 332 g/mol. The Labute approximate surface area is 146 Å². The van der Waals surface area contributed by atoms with Crippen LogP contribution in [0.3, 0.4) is 0 Å². The molecule has 1 heterocycles. The van der Waals surface area contributed by atoms with Crippen LogP contribution in [0.4, 0.5) is 0 Å². The Hall–Kier alpha value is -0.960. The van der Waals surface area contributed by atoms with Crippen molar-refractivity contribution in [2.75, 3.05) is 0 Å². The predicted octanol–water partition coefficient (Wildman–Crippen LogP) is 6.17. The van der Waals surface area contributed by atoms with Crippen molar-refractivity contribution in [2.24, 2.45) is 0 Å². The number of rotatable bonds is 5. The molecule has 0 aliphatic carbocycles. The van der Waals surface area contributed by atoms with Crippen molar-refractivity contribution >= 4 is 22.8 Å². The number of unbranched alkanes of at least 4 members (excludes halogenated alkanes) is 1. The number of benzene rings is 1. The molecule has 0 N–H and O–H groups in total. The number of fused-ring (bicyclic) bond motifs is 1. The van der Waals surface area contributed by atoms with E-state index in [-0.39, 0.29) is 5.41 Å². The molecule has 0 saturated heterocycles. The number of aromatic nitrogens is 2. The lowest BCUT2D eigenvalue weighted by molar-refractivity contribution is 0.495. The number of hydrogen-bond donors (Lipinski definition) is 0. The molecule has 1 aromatic heterocycles. The van der Waals surface area contributed by atoms with Crippen LogP contribution < -0.4 is 0 Å². The highest BCUT2D eigenvalue weighted by molar-refractivity contribution is 7.99. The third-order valence-electron chi connectivity index (χ3n) is 3.89. The first-order valence-corrected chi connectivity index (χ1v) is 9.74. The lowest BCUT2D eigenvalue weighted by Crippen LogP contribution is -2.19. The zero-order chi connectivity index (χ0) is 17.3. The number of hydrogen-bond acceptors (Lipinski definition) is 2. The van der Waals surface area contributed by atoms with Gasteiger partial charge in [0.25, 0.3) is 0 Å². The van der Waals surface area contributed by atoms with E-state index in [4.69, 9.17) is 4.98 Å². The third-order valence-corrected chi connectivity index (χ3v) is 5.23. The second kappa shape index (κ2) is 6.88. The van der Waals surface area contributed by atoms with E-state index in [1.54, 1.807) is 0 Å². The van der Waals surface area contributed by atoms with Gasteiger partial charge < -0.3 is 4.57 Å². The lowest BCUT2D eigenvalue weighted by atomic mass is 9.95. The van der Waals surface area contributed by atoms with Gasteiger partial charge in [0.2, 0.25) is 0 Å². The van der Waals surface area contributed by atoms with Crippen LogP contribution in [-0.2, 0) is 17.7 Å². The summed E-state index contributed by atoms with van der Waals surface area (Å²) in [5, 5.41) is 0. The maximum Gasteiger partial charge on any atom is 0.115 e. The fourth-order valence-electron chi connectivity index (χ4n) is 2.68. The Balaban J connectivity index is 2.39. The van der Waals surface area contributed by atoms with E-state index in [1.165, 1.54) is 29.7 Å². The molecule has 1 aromatic carbocycles. The summed E-state index contributed by atoms with van der Waals surface area (Å²) in [6.07, 6.45) is 2.42. The Bertz CT molecular complexity index is 657. The van der Waals surface area contributed by atoms with Crippen molar-refractivity contribution < 1.29 is 0 Å². The first-order valence-electron chi connectivity index (χ1n) is 8.75. The Kier molecular flexibility index (Phi) is 5.50. The van der Waals surface area contributed by atoms with Gasteiger partial charge in [-0.15, -0.1) is 0 Å². The smallest absolute Gasteiger partial charge is 0.115 e. The number of nitrogens with zero attached hydrogens (tertiary/aromatic N) is 2. The molecule has 0 aliphatic rings. The Morgan fingerprint density at radius 2 is 1.78 bits per heavy atom. The van der Waals surface area contributed by atoms with Crippen LogP contribution in [0, 0.1) is 0 Å². The van der Waals surface area contributed by atoms with Crippen LogP contribution >= 0.6 is 11.8 Å². The van der Waals surface area contributed by atoms with Gasteiger partial charge >= 0.3 is 0 Å². The molecule has 0 spiro atoms. The van der Waals surface area contributed by atoms with Gasteiger partial charge in [-0.05, 0) is 24.1 Å². The summed E-state index contributed by atoms with van der Waals surface area (Å²) in [6.45, 7) is 16.9. The maximum atomic E-state index is 5.00. The van der Waals surface area contributed by atoms with Gasteiger partial charge in [0.15, 0.2) is 0 Å². The first-order chi connectivity index (χ1) is 10.6. The molecule has 2 aromatic rings. The largest absolute Gasteiger partial charge is 0.328 e. The van der Waals surface area contributed by atoms with Crippen molar-refractivity contribution in [2.45, 2.75) is 83.8 Å². The fraction of sp³-hybridized carbons (Fsp3) is 0.650. The van der Waals surface area contributed by atoms with E-state index in [0.717, 1.165) is 17.8 Å². The normalized spacial score (nSPS) is 13.0. The highest BCUT2D eigenvalue weighted by atomic mass is 32.2. The fourth-order valence-corrected chi connectivity index (χ4v) is 3.46. The van der Waals surface area contributed by atoms with Crippen LogP contribution in [0.1, 0.15) is 72.7 Å². The zero-order valence-electron chi connectivity index (χ0n) is 15.9. The summed E-state index contributed by atoms with van der Waals surface area (Å²) in [7, 11) is 0. The van der Waals surface area contributed by atoms with Gasteiger partial charge in [-0.3, -0.25) is 0 Å². The van der Waals surface area contributed by atoms with Crippen molar-refractivity contribution in [3.63, 3.8) is 0 Å². The van der Waals surface area contributed by atoms with Gasteiger partial charge in [0.1, 0.15) is 5.82 Å². The topological polar surface area (TPSA) is 17.8 Å². The second-order valence-corrected chi connectivity index (χ2v) is 10.2. The molecule has 23 heavy (non-hydrogen) atoms.